The lowest BCUT2D eigenvalue weighted by Crippen LogP contribution is -2.35. The van der Waals surface area contributed by atoms with Crippen molar-refractivity contribution in [2.24, 2.45) is 5.73 Å². The van der Waals surface area contributed by atoms with Crippen LogP contribution in [0.5, 0.6) is 0 Å². The van der Waals surface area contributed by atoms with E-state index in [1.807, 2.05) is 0 Å². The Bertz CT molecular complexity index is 469. The molecule has 1 atom stereocenters. The highest BCUT2D eigenvalue weighted by atomic mass is 16.5. The SMILES string of the molecule is CCCCCCCCCCCCCOC(=O)C[C@H](N)C(=O)OCCCCCCCCCCCCC. The molecule has 2 N–H and O–H groups in total. The van der Waals surface area contributed by atoms with Crippen LogP contribution in [-0.2, 0) is 19.1 Å². The fourth-order valence-electron chi connectivity index (χ4n) is 4.32. The van der Waals surface area contributed by atoms with Gasteiger partial charge in [-0.25, -0.2) is 0 Å². The maximum Gasteiger partial charge on any atom is 0.323 e. The summed E-state index contributed by atoms with van der Waals surface area (Å²) in [5, 5.41) is 0. The van der Waals surface area contributed by atoms with E-state index in [-0.39, 0.29) is 6.42 Å². The summed E-state index contributed by atoms with van der Waals surface area (Å²) < 4.78 is 10.5. The number of nitrogens with two attached hydrogens (primary N) is 1. The summed E-state index contributed by atoms with van der Waals surface area (Å²) in [7, 11) is 0. The van der Waals surface area contributed by atoms with Gasteiger partial charge >= 0.3 is 11.9 Å². The molecule has 0 unspecified atom stereocenters. The molecule has 0 aromatic heterocycles. The van der Waals surface area contributed by atoms with E-state index in [2.05, 4.69) is 13.8 Å². The molecule has 0 saturated heterocycles. The number of hydrogen-bond donors (Lipinski definition) is 1. The van der Waals surface area contributed by atoms with Gasteiger partial charge in [0, 0.05) is 0 Å². The van der Waals surface area contributed by atoms with Crippen LogP contribution in [0.1, 0.15) is 162 Å². The summed E-state index contributed by atoms with van der Waals surface area (Å²) in [4.78, 5) is 23.9. The van der Waals surface area contributed by atoms with E-state index in [9.17, 15) is 9.59 Å². The van der Waals surface area contributed by atoms with Crippen LogP contribution in [0.15, 0.2) is 0 Å². The van der Waals surface area contributed by atoms with Gasteiger partial charge in [0.25, 0.3) is 0 Å². The summed E-state index contributed by atoms with van der Waals surface area (Å²) in [6.07, 6.45) is 27.5. The molecule has 0 rings (SSSR count). The maximum atomic E-state index is 12.0. The zero-order chi connectivity index (χ0) is 25.8. The lowest BCUT2D eigenvalue weighted by Gasteiger charge is -2.11. The van der Waals surface area contributed by atoms with E-state index >= 15 is 0 Å². The number of ether oxygens (including phenoxy) is 2. The van der Waals surface area contributed by atoms with E-state index in [0.717, 1.165) is 25.7 Å². The molecule has 0 saturated carbocycles. The predicted octanol–water partition coefficient (Wildman–Crippen LogP) is 8.41. The summed E-state index contributed by atoms with van der Waals surface area (Å²) in [6.45, 7) is 5.30. The van der Waals surface area contributed by atoms with E-state index in [1.165, 1.54) is 116 Å². The molecule has 0 amide bonds. The van der Waals surface area contributed by atoms with Gasteiger partial charge in [-0.1, -0.05) is 142 Å². The van der Waals surface area contributed by atoms with Crippen LogP contribution in [0, 0.1) is 0 Å². The van der Waals surface area contributed by atoms with Gasteiger partial charge in [0.15, 0.2) is 0 Å². The Morgan fingerprint density at radius 1 is 0.514 bits per heavy atom. The molecular formula is C30H59NO4. The number of carbonyl (C=O) groups excluding carboxylic acids is 2. The third kappa shape index (κ3) is 25.8. The topological polar surface area (TPSA) is 78.6 Å². The quantitative estimate of drug-likeness (QED) is 0.0910. The molecule has 35 heavy (non-hydrogen) atoms. The van der Waals surface area contributed by atoms with E-state index in [1.54, 1.807) is 0 Å². The van der Waals surface area contributed by atoms with Gasteiger partial charge < -0.3 is 15.2 Å². The first kappa shape index (κ1) is 33.9. The van der Waals surface area contributed by atoms with Crippen molar-refractivity contribution in [3.63, 3.8) is 0 Å². The summed E-state index contributed by atoms with van der Waals surface area (Å²) >= 11 is 0. The Kier molecular flexibility index (Phi) is 26.6. The fourth-order valence-corrected chi connectivity index (χ4v) is 4.32. The van der Waals surface area contributed by atoms with Crippen LogP contribution in [0.25, 0.3) is 0 Å². The minimum atomic E-state index is -0.924. The van der Waals surface area contributed by atoms with Gasteiger partial charge in [0.05, 0.1) is 19.6 Å². The minimum absolute atomic E-state index is 0.102. The van der Waals surface area contributed by atoms with Crippen molar-refractivity contribution in [1.82, 2.24) is 0 Å². The second-order valence-corrected chi connectivity index (χ2v) is 10.3. The Morgan fingerprint density at radius 2 is 0.829 bits per heavy atom. The number of unbranched alkanes of at least 4 members (excludes halogenated alkanes) is 20. The highest BCUT2D eigenvalue weighted by molar-refractivity contribution is 5.82. The van der Waals surface area contributed by atoms with Crippen molar-refractivity contribution in [3.8, 4) is 0 Å². The largest absolute Gasteiger partial charge is 0.466 e. The zero-order valence-electron chi connectivity index (χ0n) is 23.5. The van der Waals surface area contributed by atoms with Crippen molar-refractivity contribution < 1.29 is 19.1 Å². The van der Waals surface area contributed by atoms with Crippen molar-refractivity contribution in [2.75, 3.05) is 13.2 Å². The Balaban J connectivity index is 3.44. The summed E-state index contributed by atoms with van der Waals surface area (Å²) in [5.41, 5.74) is 5.82. The second-order valence-electron chi connectivity index (χ2n) is 10.3. The summed E-state index contributed by atoms with van der Waals surface area (Å²) in [5.74, 6) is -0.903. The normalized spacial score (nSPS) is 12.0. The van der Waals surface area contributed by atoms with Gasteiger partial charge in [-0.3, -0.25) is 9.59 Å². The molecular weight excluding hydrogens is 438 g/mol. The lowest BCUT2D eigenvalue weighted by atomic mass is 10.1. The standard InChI is InChI=1S/C30H59NO4/c1-3-5-7-9-11-13-15-17-19-21-23-25-34-29(32)27-28(31)30(33)35-26-24-22-20-18-16-14-12-10-8-6-4-2/h28H,3-27,31H2,1-2H3/t28-/m0/s1. The second kappa shape index (κ2) is 27.5. The van der Waals surface area contributed by atoms with Gasteiger partial charge in [0.2, 0.25) is 0 Å². The number of esters is 2. The fraction of sp³-hybridized carbons (Fsp3) is 0.933. The van der Waals surface area contributed by atoms with Crippen LogP contribution in [0.3, 0.4) is 0 Å². The van der Waals surface area contributed by atoms with Crippen molar-refractivity contribution >= 4 is 11.9 Å². The molecule has 0 aliphatic rings. The molecule has 0 spiro atoms. The first-order chi connectivity index (χ1) is 17.1. The van der Waals surface area contributed by atoms with E-state index in [0.29, 0.717) is 13.2 Å². The Hall–Kier alpha value is -1.10. The van der Waals surface area contributed by atoms with Crippen molar-refractivity contribution in [1.29, 1.82) is 0 Å². The Morgan fingerprint density at radius 3 is 1.20 bits per heavy atom. The summed E-state index contributed by atoms with van der Waals surface area (Å²) in [6, 6.07) is -0.924. The number of carbonyl (C=O) groups is 2. The van der Waals surface area contributed by atoms with Gasteiger partial charge in [-0.15, -0.1) is 0 Å². The number of rotatable bonds is 27. The molecule has 0 bridgehead atoms. The molecule has 5 heteroatoms. The van der Waals surface area contributed by atoms with Crippen LogP contribution >= 0.6 is 0 Å². The van der Waals surface area contributed by atoms with Crippen molar-refractivity contribution in [3.05, 3.63) is 0 Å². The van der Waals surface area contributed by atoms with Crippen LogP contribution in [0.2, 0.25) is 0 Å². The van der Waals surface area contributed by atoms with Crippen LogP contribution in [-0.4, -0.2) is 31.2 Å². The van der Waals surface area contributed by atoms with E-state index in [4.69, 9.17) is 15.2 Å². The molecule has 0 aliphatic heterocycles. The van der Waals surface area contributed by atoms with Crippen LogP contribution < -0.4 is 5.73 Å². The molecule has 0 aliphatic carbocycles. The first-order valence-electron chi connectivity index (χ1n) is 15.2. The monoisotopic (exact) mass is 497 g/mol. The number of hydrogen-bond acceptors (Lipinski definition) is 5. The first-order valence-corrected chi connectivity index (χ1v) is 15.2. The molecule has 5 nitrogen and oxygen atoms in total. The zero-order valence-corrected chi connectivity index (χ0v) is 23.5. The third-order valence-electron chi connectivity index (χ3n) is 6.69. The molecule has 0 heterocycles. The smallest absolute Gasteiger partial charge is 0.323 e. The predicted molar refractivity (Wildman–Crippen MR) is 147 cm³/mol. The molecule has 208 valence electrons. The average Bonchev–Trinajstić information content (AvgIpc) is 2.85. The highest BCUT2D eigenvalue weighted by Crippen LogP contribution is 2.12. The van der Waals surface area contributed by atoms with Gasteiger partial charge in [-0.2, -0.15) is 0 Å². The minimum Gasteiger partial charge on any atom is -0.466 e. The van der Waals surface area contributed by atoms with Crippen LogP contribution in [0.4, 0.5) is 0 Å². The van der Waals surface area contributed by atoms with Gasteiger partial charge in [-0.05, 0) is 12.8 Å². The lowest BCUT2D eigenvalue weighted by molar-refractivity contribution is -0.152. The Labute approximate surface area is 217 Å². The van der Waals surface area contributed by atoms with Crippen molar-refractivity contribution in [2.45, 2.75) is 168 Å². The third-order valence-corrected chi connectivity index (χ3v) is 6.69. The molecule has 0 aromatic rings. The molecule has 0 aromatic carbocycles. The molecule has 0 radical (unpaired) electrons. The maximum absolute atomic E-state index is 12.0. The molecule has 0 fully saturated rings. The van der Waals surface area contributed by atoms with E-state index < -0.39 is 18.0 Å². The van der Waals surface area contributed by atoms with Gasteiger partial charge in [0.1, 0.15) is 6.04 Å². The highest BCUT2D eigenvalue weighted by Gasteiger charge is 2.19. The average molecular weight is 498 g/mol.